The van der Waals surface area contributed by atoms with E-state index in [9.17, 15) is 10.0 Å². The molecule has 0 fully saturated rings. The highest BCUT2D eigenvalue weighted by Crippen LogP contribution is 2.23. The third-order valence-corrected chi connectivity index (χ3v) is 3.09. The van der Waals surface area contributed by atoms with Crippen molar-refractivity contribution in [1.82, 2.24) is 0 Å². The third-order valence-electron chi connectivity index (χ3n) is 3.09. The number of benzene rings is 2. The number of para-hydroxylation sites is 1. The van der Waals surface area contributed by atoms with Gasteiger partial charge in [0.15, 0.2) is 0 Å². The van der Waals surface area contributed by atoms with Crippen LogP contribution in [0.15, 0.2) is 48.5 Å². The average molecular weight is 255 g/mol. The molecule has 0 aliphatic carbocycles. The van der Waals surface area contributed by atoms with Crippen LogP contribution in [0, 0.1) is 13.8 Å². The number of carbonyl (C=O) groups excluding carboxylic acids is 1. The highest BCUT2D eigenvalue weighted by molar-refractivity contribution is 5.93. The van der Waals surface area contributed by atoms with Crippen LogP contribution < -0.4 is 5.06 Å². The predicted molar refractivity (Wildman–Crippen MR) is 75.3 cm³/mol. The molecule has 2 rings (SSSR count). The normalized spacial score (nSPS) is 10.3. The van der Waals surface area contributed by atoms with Gasteiger partial charge in [-0.05, 0) is 30.5 Å². The first-order valence-electron chi connectivity index (χ1n) is 6.21. The number of nitrogens with zero attached hydrogens (tertiary/aromatic N) is 1. The van der Waals surface area contributed by atoms with E-state index in [4.69, 9.17) is 0 Å². The fraction of sp³-hybridized carbons (Fsp3) is 0.188. The monoisotopic (exact) mass is 255 g/mol. The van der Waals surface area contributed by atoms with Crippen molar-refractivity contribution >= 4 is 11.6 Å². The minimum Gasteiger partial charge on any atom is -0.281 e. The Kier molecular flexibility index (Phi) is 3.97. The van der Waals surface area contributed by atoms with Crippen LogP contribution in [0.2, 0.25) is 0 Å². The molecule has 0 heterocycles. The largest absolute Gasteiger partial charge is 0.281 e. The lowest BCUT2D eigenvalue weighted by atomic mass is 10.1. The van der Waals surface area contributed by atoms with Crippen LogP contribution in [-0.4, -0.2) is 11.1 Å². The van der Waals surface area contributed by atoms with Gasteiger partial charge in [0, 0.05) is 0 Å². The third kappa shape index (κ3) is 3.01. The lowest BCUT2D eigenvalue weighted by Gasteiger charge is -2.19. The number of amides is 1. The van der Waals surface area contributed by atoms with Crippen molar-refractivity contribution in [3.8, 4) is 0 Å². The fourth-order valence-corrected chi connectivity index (χ4v) is 2.11. The molecule has 0 spiro atoms. The lowest BCUT2D eigenvalue weighted by Crippen LogP contribution is -2.29. The van der Waals surface area contributed by atoms with Gasteiger partial charge in [0.25, 0.3) is 5.91 Å². The summed E-state index contributed by atoms with van der Waals surface area (Å²) in [6, 6.07) is 15.1. The molecule has 2 aromatic carbocycles. The zero-order valence-electron chi connectivity index (χ0n) is 11.1. The Morgan fingerprint density at radius 2 is 1.58 bits per heavy atom. The Bertz CT molecular complexity index is 558. The standard InChI is InChI=1S/C16H17NO2/c1-12-7-6-8-13(2)16(12)17(19)15(18)11-14-9-4-3-5-10-14/h3-10,19H,11H2,1-2H3. The van der Waals surface area contributed by atoms with E-state index in [1.165, 1.54) is 0 Å². The summed E-state index contributed by atoms with van der Waals surface area (Å²) in [6.45, 7) is 3.75. The van der Waals surface area contributed by atoms with Crippen molar-refractivity contribution in [2.75, 3.05) is 5.06 Å². The van der Waals surface area contributed by atoms with Crippen molar-refractivity contribution in [3.05, 3.63) is 65.2 Å². The number of carbonyl (C=O) groups is 1. The summed E-state index contributed by atoms with van der Waals surface area (Å²) in [7, 11) is 0. The van der Waals surface area contributed by atoms with Gasteiger partial charge in [-0.25, -0.2) is 0 Å². The molecule has 3 nitrogen and oxygen atoms in total. The van der Waals surface area contributed by atoms with E-state index in [1.807, 2.05) is 62.4 Å². The zero-order chi connectivity index (χ0) is 13.8. The summed E-state index contributed by atoms with van der Waals surface area (Å²) in [5.41, 5.74) is 3.22. The molecule has 0 radical (unpaired) electrons. The summed E-state index contributed by atoms with van der Waals surface area (Å²) in [5, 5.41) is 10.9. The second-order valence-corrected chi connectivity index (χ2v) is 4.61. The maximum absolute atomic E-state index is 12.1. The lowest BCUT2D eigenvalue weighted by molar-refractivity contribution is -0.123. The SMILES string of the molecule is Cc1cccc(C)c1N(O)C(=O)Cc1ccccc1. The summed E-state index contributed by atoms with van der Waals surface area (Å²) in [6.07, 6.45) is 0.186. The summed E-state index contributed by atoms with van der Waals surface area (Å²) in [5.74, 6) is -0.330. The van der Waals surface area contributed by atoms with Gasteiger partial charge in [0.2, 0.25) is 0 Å². The van der Waals surface area contributed by atoms with Gasteiger partial charge in [0.05, 0.1) is 12.1 Å². The Morgan fingerprint density at radius 3 is 2.16 bits per heavy atom. The minimum absolute atomic E-state index is 0.186. The number of hydrogen-bond acceptors (Lipinski definition) is 2. The van der Waals surface area contributed by atoms with Crippen molar-refractivity contribution in [3.63, 3.8) is 0 Å². The summed E-state index contributed by atoms with van der Waals surface area (Å²) < 4.78 is 0. The molecule has 1 N–H and O–H groups in total. The van der Waals surface area contributed by atoms with Crippen LogP contribution in [0.5, 0.6) is 0 Å². The quantitative estimate of drug-likeness (QED) is 0.675. The van der Waals surface area contributed by atoms with Crippen molar-refractivity contribution < 1.29 is 10.0 Å². The number of hydrogen-bond donors (Lipinski definition) is 1. The summed E-state index contributed by atoms with van der Waals surface area (Å²) >= 11 is 0. The van der Waals surface area contributed by atoms with Crippen LogP contribution in [0.1, 0.15) is 16.7 Å². The first kappa shape index (κ1) is 13.3. The molecule has 0 bridgehead atoms. The molecule has 0 saturated heterocycles. The van der Waals surface area contributed by atoms with Crippen LogP contribution in [-0.2, 0) is 11.2 Å². The molecule has 0 unspecified atom stereocenters. The second-order valence-electron chi connectivity index (χ2n) is 4.61. The molecule has 0 aliphatic heterocycles. The number of rotatable bonds is 3. The van der Waals surface area contributed by atoms with E-state index in [2.05, 4.69) is 0 Å². The fourth-order valence-electron chi connectivity index (χ4n) is 2.11. The van der Waals surface area contributed by atoms with E-state index in [1.54, 1.807) is 0 Å². The maximum Gasteiger partial charge on any atom is 0.255 e. The van der Waals surface area contributed by atoms with E-state index < -0.39 is 0 Å². The van der Waals surface area contributed by atoms with Crippen molar-refractivity contribution in [2.45, 2.75) is 20.3 Å². The molecular formula is C16H17NO2. The molecule has 2 aromatic rings. The highest BCUT2D eigenvalue weighted by Gasteiger charge is 2.17. The topological polar surface area (TPSA) is 40.5 Å². The molecule has 0 aliphatic rings. The molecule has 0 aromatic heterocycles. The molecule has 0 atom stereocenters. The van der Waals surface area contributed by atoms with Crippen LogP contribution in [0.4, 0.5) is 5.69 Å². The van der Waals surface area contributed by atoms with Gasteiger partial charge in [-0.3, -0.25) is 10.0 Å². The first-order chi connectivity index (χ1) is 9.09. The van der Waals surface area contributed by atoms with E-state index in [0.717, 1.165) is 21.8 Å². The van der Waals surface area contributed by atoms with E-state index >= 15 is 0 Å². The van der Waals surface area contributed by atoms with Crippen LogP contribution in [0.25, 0.3) is 0 Å². The Balaban J connectivity index is 2.20. The molecule has 19 heavy (non-hydrogen) atoms. The molecule has 0 saturated carbocycles. The minimum atomic E-state index is -0.330. The molecule has 1 amide bonds. The van der Waals surface area contributed by atoms with Crippen molar-refractivity contribution in [2.24, 2.45) is 0 Å². The van der Waals surface area contributed by atoms with Gasteiger partial charge in [-0.2, -0.15) is 5.06 Å². The van der Waals surface area contributed by atoms with E-state index in [0.29, 0.717) is 5.69 Å². The Morgan fingerprint density at radius 1 is 1.00 bits per heavy atom. The molecule has 3 heteroatoms. The zero-order valence-corrected chi connectivity index (χ0v) is 11.1. The Labute approximate surface area is 113 Å². The second kappa shape index (κ2) is 5.67. The summed E-state index contributed by atoms with van der Waals surface area (Å²) in [4.78, 5) is 12.1. The number of hydroxylamine groups is 1. The molecular weight excluding hydrogens is 238 g/mol. The molecule has 98 valence electrons. The Hall–Kier alpha value is -2.13. The highest BCUT2D eigenvalue weighted by atomic mass is 16.5. The van der Waals surface area contributed by atoms with Crippen LogP contribution >= 0.6 is 0 Å². The van der Waals surface area contributed by atoms with Gasteiger partial charge < -0.3 is 0 Å². The maximum atomic E-state index is 12.1. The van der Waals surface area contributed by atoms with Crippen molar-refractivity contribution in [1.29, 1.82) is 0 Å². The smallest absolute Gasteiger partial charge is 0.255 e. The van der Waals surface area contributed by atoms with Gasteiger partial charge >= 0.3 is 0 Å². The first-order valence-corrected chi connectivity index (χ1v) is 6.21. The average Bonchev–Trinajstić information content (AvgIpc) is 2.39. The number of anilines is 1. The van der Waals surface area contributed by atoms with E-state index in [-0.39, 0.29) is 12.3 Å². The number of aryl methyl sites for hydroxylation is 2. The van der Waals surface area contributed by atoms with Crippen LogP contribution in [0.3, 0.4) is 0 Å². The predicted octanol–water partition coefficient (Wildman–Crippen LogP) is 3.27. The van der Waals surface area contributed by atoms with Gasteiger partial charge in [-0.15, -0.1) is 0 Å². The van der Waals surface area contributed by atoms with Gasteiger partial charge in [-0.1, -0.05) is 48.5 Å². The van der Waals surface area contributed by atoms with Gasteiger partial charge in [0.1, 0.15) is 0 Å².